The number of nitrogens with zero attached hydrogens (tertiary/aromatic N) is 4. The van der Waals surface area contributed by atoms with Gasteiger partial charge in [-0.15, -0.1) is 0 Å². The maximum absolute atomic E-state index is 15.3. The van der Waals surface area contributed by atoms with Crippen LogP contribution in [0, 0.1) is 40.4 Å². The van der Waals surface area contributed by atoms with Gasteiger partial charge in [0.15, 0.2) is 17.7 Å². The van der Waals surface area contributed by atoms with Crippen LogP contribution in [0.5, 0.6) is 5.75 Å². The maximum atomic E-state index is 15.3. The van der Waals surface area contributed by atoms with E-state index in [1.807, 2.05) is 0 Å². The first-order valence-electron chi connectivity index (χ1n) is 15.6. The maximum Gasteiger partial charge on any atom is 0.408 e. The fourth-order valence-corrected chi connectivity index (χ4v) is 8.32. The number of likely N-dealkylation sites (tertiary alicyclic amines) is 2. The molecule has 5 fully saturated rings. The van der Waals surface area contributed by atoms with E-state index in [2.05, 4.69) is 21.7 Å². The van der Waals surface area contributed by atoms with Crippen molar-refractivity contribution in [2.24, 2.45) is 29.1 Å². The van der Waals surface area contributed by atoms with Crippen LogP contribution < -0.4 is 15.4 Å². The highest BCUT2D eigenvalue weighted by Crippen LogP contribution is 2.59. The first kappa shape index (κ1) is 29.7. The normalized spacial score (nSPS) is 35.5. The van der Waals surface area contributed by atoms with Crippen molar-refractivity contribution in [2.45, 2.75) is 76.0 Å². The summed E-state index contributed by atoms with van der Waals surface area (Å²) in [5, 5.41) is 15.6. The molecule has 14 heteroatoms. The fraction of sp³-hybridized carbons (Fsp3) is 0.677. The molecule has 2 saturated carbocycles. The summed E-state index contributed by atoms with van der Waals surface area (Å²) in [4.78, 5) is 62.1. The minimum Gasteiger partial charge on any atom is -0.472 e. The highest BCUT2D eigenvalue weighted by atomic mass is 19.1. The Hall–Kier alpha value is -3.99. The average Bonchev–Trinajstić information content (AvgIpc) is 3.72. The second-order valence-electron chi connectivity index (χ2n) is 14.3. The number of carbonyl (C=O) groups excluding carboxylic acids is 4. The van der Waals surface area contributed by atoms with E-state index in [4.69, 9.17) is 14.2 Å². The molecular formula is C31H37FN6O7. The summed E-state index contributed by atoms with van der Waals surface area (Å²) in [7, 11) is 0. The predicted octanol–water partition coefficient (Wildman–Crippen LogP) is 1.64. The number of alkyl halides is 1. The van der Waals surface area contributed by atoms with E-state index in [9.17, 15) is 24.4 Å². The Morgan fingerprint density at radius 3 is 2.71 bits per heavy atom. The van der Waals surface area contributed by atoms with Crippen molar-refractivity contribution < 1.29 is 37.8 Å². The average molecular weight is 625 g/mol. The summed E-state index contributed by atoms with van der Waals surface area (Å²) in [5.74, 6) is -1.84. The van der Waals surface area contributed by atoms with Gasteiger partial charge in [0.05, 0.1) is 25.8 Å². The molecule has 1 aromatic rings. The Morgan fingerprint density at radius 1 is 1.24 bits per heavy atom. The van der Waals surface area contributed by atoms with Crippen molar-refractivity contribution in [3.63, 3.8) is 0 Å². The zero-order valence-electron chi connectivity index (χ0n) is 25.4. The van der Waals surface area contributed by atoms with Crippen molar-refractivity contribution in [1.82, 2.24) is 20.1 Å². The van der Waals surface area contributed by atoms with Crippen molar-refractivity contribution in [1.29, 1.82) is 5.26 Å². The second-order valence-corrected chi connectivity index (χ2v) is 14.3. The minimum atomic E-state index is -1.53. The zero-order valence-corrected chi connectivity index (χ0v) is 25.4. The molecule has 45 heavy (non-hydrogen) atoms. The highest BCUT2D eigenvalue weighted by molar-refractivity contribution is 6.01. The molecule has 6 aliphatic rings. The summed E-state index contributed by atoms with van der Waals surface area (Å²) < 4.78 is 31.8. The molecule has 0 unspecified atom stereocenters. The first-order valence-corrected chi connectivity index (χ1v) is 15.6. The number of pyridine rings is 1. The van der Waals surface area contributed by atoms with Crippen LogP contribution in [-0.4, -0.2) is 101 Å². The molecular weight excluding hydrogens is 587 g/mol. The third kappa shape index (κ3) is 4.78. The molecule has 2 aliphatic carbocycles. The smallest absolute Gasteiger partial charge is 0.408 e. The van der Waals surface area contributed by atoms with Crippen LogP contribution in [0.15, 0.2) is 18.3 Å². The van der Waals surface area contributed by atoms with Crippen molar-refractivity contribution in [3.05, 3.63) is 18.3 Å². The Balaban J connectivity index is 1.19. The quantitative estimate of drug-likeness (QED) is 0.507. The number of fused-ring (bicyclic) bond motifs is 6. The Morgan fingerprint density at radius 2 is 2.02 bits per heavy atom. The molecule has 3 saturated heterocycles. The van der Waals surface area contributed by atoms with Gasteiger partial charge in [0, 0.05) is 19.2 Å². The molecule has 240 valence electrons. The van der Waals surface area contributed by atoms with Crippen LogP contribution in [0.25, 0.3) is 0 Å². The van der Waals surface area contributed by atoms with Gasteiger partial charge in [-0.1, -0.05) is 20.8 Å². The Kier molecular flexibility index (Phi) is 6.96. The largest absolute Gasteiger partial charge is 0.472 e. The van der Waals surface area contributed by atoms with Gasteiger partial charge in [0.2, 0.25) is 17.4 Å². The lowest BCUT2D eigenvalue weighted by molar-refractivity contribution is -0.149. The number of nitriles is 1. The number of ether oxygens (including phenoxy) is 3. The summed E-state index contributed by atoms with van der Waals surface area (Å²) >= 11 is 0. The van der Waals surface area contributed by atoms with Crippen LogP contribution in [0.3, 0.4) is 0 Å². The summed E-state index contributed by atoms with van der Waals surface area (Å²) in [6.07, 6.45) is 0.214. The third-order valence-corrected chi connectivity index (χ3v) is 10.5. The summed E-state index contributed by atoms with van der Waals surface area (Å²) in [6, 6.07) is 2.32. The number of hydrogen-bond donors (Lipinski definition) is 2. The molecule has 9 atom stereocenters. The zero-order chi connectivity index (χ0) is 31.8. The molecule has 7 rings (SSSR count). The van der Waals surface area contributed by atoms with Crippen molar-refractivity contribution in [3.8, 4) is 11.8 Å². The molecule has 4 amide bonds. The Labute approximate surface area is 259 Å². The van der Waals surface area contributed by atoms with Gasteiger partial charge < -0.3 is 34.6 Å². The van der Waals surface area contributed by atoms with Crippen LogP contribution >= 0.6 is 0 Å². The summed E-state index contributed by atoms with van der Waals surface area (Å²) in [6.45, 7) is 5.99. The number of halogens is 1. The Bertz CT molecular complexity index is 1470. The molecule has 13 nitrogen and oxygen atoms in total. The van der Waals surface area contributed by atoms with E-state index in [0.29, 0.717) is 18.6 Å². The van der Waals surface area contributed by atoms with E-state index in [-0.39, 0.29) is 50.4 Å². The predicted molar refractivity (Wildman–Crippen MR) is 153 cm³/mol. The van der Waals surface area contributed by atoms with E-state index < -0.39 is 77.1 Å². The highest BCUT2D eigenvalue weighted by Gasteiger charge is 2.65. The molecule has 0 radical (unpaired) electrons. The number of rotatable bonds is 4. The van der Waals surface area contributed by atoms with Gasteiger partial charge in [-0.3, -0.25) is 14.4 Å². The molecule has 1 aromatic heterocycles. The number of carbonyl (C=O) groups is 4. The van der Waals surface area contributed by atoms with Gasteiger partial charge in [0.1, 0.15) is 24.3 Å². The van der Waals surface area contributed by atoms with Gasteiger partial charge in [-0.05, 0) is 54.1 Å². The van der Waals surface area contributed by atoms with E-state index in [0.717, 1.165) is 0 Å². The van der Waals surface area contributed by atoms with E-state index >= 15 is 4.39 Å². The topological polar surface area (TPSA) is 163 Å². The van der Waals surface area contributed by atoms with Crippen LogP contribution in [-0.2, 0) is 23.9 Å². The number of alkyl carbamates (subject to hydrolysis) is 1. The van der Waals surface area contributed by atoms with E-state index in [1.165, 1.54) is 16.0 Å². The third-order valence-electron chi connectivity index (χ3n) is 10.5. The number of aromatic nitrogens is 1. The van der Waals surface area contributed by atoms with Crippen LogP contribution in [0.2, 0.25) is 0 Å². The van der Waals surface area contributed by atoms with Gasteiger partial charge in [-0.2, -0.15) is 5.26 Å². The standard InChI is InChI=1S/C31H37FN6O7/c1-30(2,3)24(35-29(42)44-17-12-43-13-17)27(40)37-11-19-15-7-18(20(32)8-15)22(19)23(37)26(39)38-14-31(9-16(38)10-33)28(41)36-25-21(45-31)5-4-6-34-25/h4-6,15-20,22-24H,7-9,11-14H2,1-3H3,(H,35,42)(H,34,36,41)/t15-,16-,18+,19+,20+,22-,23-,24+,31+/m0/s1. The second kappa shape index (κ2) is 10.5. The molecule has 5 heterocycles. The molecule has 2 bridgehead atoms. The van der Waals surface area contributed by atoms with Gasteiger partial charge in [-0.25, -0.2) is 14.2 Å². The summed E-state index contributed by atoms with van der Waals surface area (Å²) in [5.41, 5.74) is -2.29. The van der Waals surface area contributed by atoms with Gasteiger partial charge in [0.25, 0.3) is 5.91 Å². The number of hydrogen-bond acceptors (Lipinski definition) is 9. The SMILES string of the molecule is CC(C)(C)[C@H](NC(=O)OC1COC1)C(=O)N1C[C@@H]2[C@H]3C[C@@H]([C@@H]2[C@H]1C(=O)N1C[C@@]2(C[C@H]1C#N)Oc1cccnc1NC2=O)[C@H](F)C3. The number of amides is 4. The number of nitrogens with one attached hydrogen (secondary N) is 2. The van der Waals surface area contributed by atoms with E-state index in [1.54, 1.807) is 32.9 Å². The number of anilines is 1. The van der Waals surface area contributed by atoms with Gasteiger partial charge >= 0.3 is 6.09 Å². The molecule has 0 aromatic carbocycles. The fourth-order valence-electron chi connectivity index (χ4n) is 8.32. The lowest BCUT2D eigenvalue weighted by Gasteiger charge is -2.39. The van der Waals surface area contributed by atoms with Crippen molar-refractivity contribution in [2.75, 3.05) is 31.6 Å². The van der Waals surface area contributed by atoms with Crippen LogP contribution in [0.4, 0.5) is 15.0 Å². The molecule has 2 N–H and O–H groups in total. The monoisotopic (exact) mass is 624 g/mol. The lowest BCUT2D eigenvalue weighted by Crippen LogP contribution is -2.60. The lowest BCUT2D eigenvalue weighted by atomic mass is 9.77. The molecule has 4 aliphatic heterocycles. The minimum absolute atomic E-state index is 0.0286. The molecule has 1 spiro atoms. The first-order chi connectivity index (χ1) is 21.4. The van der Waals surface area contributed by atoms with Crippen molar-refractivity contribution >= 4 is 29.6 Å². The van der Waals surface area contributed by atoms with Crippen LogP contribution in [0.1, 0.15) is 40.0 Å².